The van der Waals surface area contributed by atoms with E-state index in [0.717, 1.165) is 0 Å². The minimum absolute atomic E-state index is 0.166. The fraction of sp³-hybridized carbons (Fsp3) is 0.348. The molecule has 2 aromatic carbocycles. The second-order valence-corrected chi connectivity index (χ2v) is 8.37. The van der Waals surface area contributed by atoms with E-state index in [-0.39, 0.29) is 5.92 Å². The molecule has 9 heteroatoms. The first kappa shape index (κ1) is 25.7. The fourth-order valence-electron chi connectivity index (χ4n) is 2.85. The number of benzene rings is 2. The number of nitrogens with zero attached hydrogens (tertiary/aromatic N) is 1. The summed E-state index contributed by atoms with van der Waals surface area (Å²) in [7, 11) is 0. The molecular weight excluding hydrogens is 498 g/mol. The van der Waals surface area contributed by atoms with Crippen molar-refractivity contribution in [1.29, 1.82) is 0 Å². The molecule has 1 atom stereocenters. The van der Waals surface area contributed by atoms with Crippen LogP contribution >= 0.6 is 27.5 Å². The van der Waals surface area contributed by atoms with Gasteiger partial charge in [0.05, 0.1) is 34.5 Å². The van der Waals surface area contributed by atoms with E-state index >= 15 is 0 Å². The van der Waals surface area contributed by atoms with E-state index in [2.05, 4.69) is 31.8 Å². The Morgan fingerprint density at radius 2 is 1.84 bits per heavy atom. The summed E-state index contributed by atoms with van der Waals surface area (Å²) in [5.74, 6) is 0.152. The van der Waals surface area contributed by atoms with Crippen LogP contribution in [0, 0.1) is 5.92 Å². The lowest BCUT2D eigenvalue weighted by atomic mass is 10.0. The molecule has 0 bridgehead atoms. The second kappa shape index (κ2) is 12.5. The number of carbonyl (C=O) groups excluding carboxylic acids is 2. The van der Waals surface area contributed by atoms with Gasteiger partial charge in [0.2, 0.25) is 0 Å². The highest BCUT2D eigenvalue weighted by Crippen LogP contribution is 2.36. The van der Waals surface area contributed by atoms with Crippen LogP contribution < -0.4 is 20.2 Å². The normalized spacial score (nSPS) is 12.0. The van der Waals surface area contributed by atoms with Gasteiger partial charge in [-0.3, -0.25) is 9.59 Å². The molecule has 0 spiro atoms. The highest BCUT2D eigenvalue weighted by atomic mass is 79.9. The molecule has 7 nitrogen and oxygen atoms in total. The third-order valence-electron chi connectivity index (χ3n) is 4.36. The smallest absolute Gasteiger partial charge is 0.262 e. The van der Waals surface area contributed by atoms with Gasteiger partial charge < -0.3 is 14.8 Å². The molecule has 0 aliphatic heterocycles. The van der Waals surface area contributed by atoms with Gasteiger partial charge >= 0.3 is 0 Å². The van der Waals surface area contributed by atoms with Crippen LogP contribution in [0.1, 0.15) is 43.6 Å². The van der Waals surface area contributed by atoms with Gasteiger partial charge in [0.25, 0.3) is 11.8 Å². The van der Waals surface area contributed by atoms with Crippen LogP contribution in [0.15, 0.2) is 46.0 Å². The Bertz CT molecular complexity index is 982. The number of halogens is 2. The first-order chi connectivity index (χ1) is 15.3. The number of carbonyl (C=O) groups is 2. The highest BCUT2D eigenvalue weighted by molar-refractivity contribution is 9.10. The summed E-state index contributed by atoms with van der Waals surface area (Å²) in [4.78, 5) is 25.2. The lowest BCUT2D eigenvalue weighted by Crippen LogP contribution is -2.48. The van der Waals surface area contributed by atoms with E-state index in [0.29, 0.717) is 45.3 Å². The fourth-order valence-corrected chi connectivity index (χ4v) is 3.64. The van der Waals surface area contributed by atoms with Crippen molar-refractivity contribution in [1.82, 2.24) is 10.7 Å². The highest BCUT2D eigenvalue weighted by Gasteiger charge is 2.25. The number of rotatable bonds is 10. The lowest BCUT2D eigenvalue weighted by molar-refractivity contribution is -0.123. The third-order valence-corrected chi connectivity index (χ3v) is 5.28. The maximum absolute atomic E-state index is 12.7. The molecule has 2 rings (SSSR count). The Hall–Kier alpha value is -2.58. The summed E-state index contributed by atoms with van der Waals surface area (Å²) in [5, 5.41) is 7.08. The van der Waals surface area contributed by atoms with Gasteiger partial charge in [-0.25, -0.2) is 5.43 Å². The summed E-state index contributed by atoms with van der Waals surface area (Å²) in [6.07, 6.45) is 1.49. The number of hydrogen-bond donors (Lipinski definition) is 2. The van der Waals surface area contributed by atoms with E-state index in [4.69, 9.17) is 21.1 Å². The van der Waals surface area contributed by atoms with E-state index in [1.165, 1.54) is 6.21 Å². The van der Waals surface area contributed by atoms with Crippen LogP contribution in [-0.4, -0.2) is 37.3 Å². The molecule has 32 heavy (non-hydrogen) atoms. The molecule has 1 unspecified atom stereocenters. The molecule has 172 valence electrons. The molecule has 0 aliphatic carbocycles. The number of hydrogen-bond acceptors (Lipinski definition) is 5. The molecule has 0 aliphatic rings. The first-order valence-electron chi connectivity index (χ1n) is 10.3. The quantitative estimate of drug-likeness (QED) is 0.345. The lowest BCUT2D eigenvalue weighted by Gasteiger charge is -2.20. The number of amides is 2. The van der Waals surface area contributed by atoms with E-state index < -0.39 is 17.9 Å². The average Bonchev–Trinajstić information content (AvgIpc) is 2.74. The molecular formula is C23H27BrClN3O4. The molecule has 2 aromatic rings. The molecule has 0 heterocycles. The Morgan fingerprint density at radius 3 is 2.47 bits per heavy atom. The van der Waals surface area contributed by atoms with Crippen LogP contribution in [0.25, 0.3) is 0 Å². The predicted octanol–water partition coefficient (Wildman–Crippen LogP) is 4.80. The Balaban J connectivity index is 2.11. The number of hydrazone groups is 1. The van der Waals surface area contributed by atoms with Crippen LogP contribution in [0.5, 0.6) is 11.5 Å². The molecule has 0 saturated carbocycles. The van der Waals surface area contributed by atoms with Crippen molar-refractivity contribution in [3.63, 3.8) is 0 Å². The Morgan fingerprint density at radius 1 is 1.16 bits per heavy atom. The molecule has 0 fully saturated rings. The van der Waals surface area contributed by atoms with Gasteiger partial charge in [-0.05, 0) is 65.5 Å². The Labute approximate surface area is 201 Å². The molecule has 0 aromatic heterocycles. The topological polar surface area (TPSA) is 89.0 Å². The SMILES string of the molecule is CCOc1cc(/C=N\NC(=O)C(NC(=O)c2ccccc2Cl)C(C)C)cc(Br)c1OCC. The summed E-state index contributed by atoms with van der Waals surface area (Å²) in [6, 6.07) is 9.46. The van der Waals surface area contributed by atoms with Gasteiger partial charge in [0.1, 0.15) is 6.04 Å². The maximum atomic E-state index is 12.7. The molecule has 2 N–H and O–H groups in total. The number of nitrogens with one attached hydrogen (secondary N) is 2. The van der Waals surface area contributed by atoms with Crippen molar-refractivity contribution in [3.05, 3.63) is 57.0 Å². The van der Waals surface area contributed by atoms with Crippen molar-refractivity contribution >= 4 is 45.6 Å². The second-order valence-electron chi connectivity index (χ2n) is 7.11. The molecule has 0 radical (unpaired) electrons. The summed E-state index contributed by atoms with van der Waals surface area (Å²) >= 11 is 9.56. The van der Waals surface area contributed by atoms with Crippen LogP contribution in [0.4, 0.5) is 0 Å². The monoisotopic (exact) mass is 523 g/mol. The molecule has 2 amide bonds. The minimum Gasteiger partial charge on any atom is -0.490 e. The average molecular weight is 525 g/mol. The standard InChI is InChI=1S/C23H27BrClN3O4/c1-5-31-19-12-15(11-17(24)21(19)32-6-2)13-26-28-23(30)20(14(3)4)27-22(29)16-9-7-8-10-18(16)25/h7-14,20H,5-6H2,1-4H3,(H,27,29)(H,28,30)/b26-13-. The summed E-state index contributed by atoms with van der Waals surface area (Å²) < 4.78 is 12.0. The first-order valence-corrected chi connectivity index (χ1v) is 11.4. The third kappa shape index (κ3) is 6.97. The summed E-state index contributed by atoms with van der Waals surface area (Å²) in [6.45, 7) is 8.41. The van der Waals surface area contributed by atoms with Gasteiger partial charge in [0.15, 0.2) is 11.5 Å². The van der Waals surface area contributed by atoms with E-state index in [1.54, 1.807) is 30.3 Å². The van der Waals surface area contributed by atoms with Crippen LogP contribution in [0.3, 0.4) is 0 Å². The van der Waals surface area contributed by atoms with E-state index in [9.17, 15) is 9.59 Å². The van der Waals surface area contributed by atoms with Crippen LogP contribution in [0.2, 0.25) is 5.02 Å². The molecule has 0 saturated heterocycles. The van der Waals surface area contributed by atoms with Gasteiger partial charge in [-0.15, -0.1) is 0 Å². The van der Waals surface area contributed by atoms with Gasteiger partial charge in [-0.1, -0.05) is 37.6 Å². The van der Waals surface area contributed by atoms with Crippen molar-refractivity contribution < 1.29 is 19.1 Å². The van der Waals surface area contributed by atoms with Gasteiger partial charge in [0, 0.05) is 0 Å². The van der Waals surface area contributed by atoms with Crippen LogP contribution in [-0.2, 0) is 4.79 Å². The van der Waals surface area contributed by atoms with Crippen molar-refractivity contribution in [2.24, 2.45) is 11.0 Å². The number of ether oxygens (including phenoxy) is 2. The van der Waals surface area contributed by atoms with Crippen molar-refractivity contribution in [2.45, 2.75) is 33.7 Å². The predicted molar refractivity (Wildman–Crippen MR) is 130 cm³/mol. The van der Waals surface area contributed by atoms with Crippen molar-refractivity contribution in [2.75, 3.05) is 13.2 Å². The maximum Gasteiger partial charge on any atom is 0.262 e. The zero-order valence-corrected chi connectivity index (χ0v) is 20.8. The zero-order chi connectivity index (χ0) is 23.7. The largest absolute Gasteiger partial charge is 0.490 e. The summed E-state index contributed by atoms with van der Waals surface area (Å²) in [5.41, 5.74) is 3.49. The Kier molecular flexibility index (Phi) is 9.99. The zero-order valence-electron chi connectivity index (χ0n) is 18.4. The van der Waals surface area contributed by atoms with Gasteiger partial charge in [-0.2, -0.15) is 5.10 Å². The van der Waals surface area contributed by atoms with E-state index in [1.807, 2.05) is 33.8 Å². The minimum atomic E-state index is -0.790. The van der Waals surface area contributed by atoms with Crippen molar-refractivity contribution in [3.8, 4) is 11.5 Å².